The van der Waals surface area contributed by atoms with Crippen LogP contribution in [0, 0.1) is 0 Å². The van der Waals surface area contributed by atoms with Crippen LogP contribution in [0.3, 0.4) is 0 Å². The van der Waals surface area contributed by atoms with Gasteiger partial charge in [-0.05, 0) is 38.5 Å². The Bertz CT molecular complexity index is 1550. The second-order valence-corrected chi connectivity index (χ2v) is 16.5. The van der Waals surface area contributed by atoms with Gasteiger partial charge >= 0.3 is 23.9 Å². The molecule has 0 aliphatic rings. The molecule has 0 radical (unpaired) electrons. The minimum Gasteiger partial charge on any atom is -0.481 e. The molecule has 0 spiro atoms. The number of carbonyl (C=O) groups excluding carboxylic acids is 6. The highest BCUT2D eigenvalue weighted by Gasteiger charge is 2.26. The third-order valence-electron chi connectivity index (χ3n) is 10.4. The smallest absolute Gasteiger partial charge is 0.326 e. The van der Waals surface area contributed by atoms with Crippen LogP contribution < -0.4 is 31.9 Å². The number of nitrogens with one attached hydrogen (secondary N) is 6. The van der Waals surface area contributed by atoms with E-state index >= 15 is 0 Å². The molecular formula is C46H80N6O18. The molecule has 0 heterocycles. The van der Waals surface area contributed by atoms with Crippen LogP contribution in [0.15, 0.2) is 0 Å². The third-order valence-corrected chi connectivity index (χ3v) is 10.4. The van der Waals surface area contributed by atoms with Crippen molar-refractivity contribution >= 4 is 59.3 Å². The number of carboxylic acids is 4. The standard InChI is InChI=1S/C46H80N6O18/c1-2-3-14-23-47-41(57)32-69-30-29-68-27-25-49-42(58)33-70-31-28-67-26-24-48-37(53)20-17-34(44(61)62)51-39(55)22-19-36(46(65)66)52-40(56)21-18-35(45(63)64)50-38(54)15-12-10-8-6-4-5-7-9-11-13-16-43(59)60/h34-36H,2-33H2,1H3,(H,47,57)(H,48,53)(H,49,58)(H,50,54)(H,51,55)(H,52,56)(H,59,60)(H,61,62)(H,63,64)(H,65,66)/t34-,35-,36-/m0/s1. The molecule has 0 saturated carbocycles. The van der Waals surface area contributed by atoms with E-state index in [0.29, 0.717) is 19.4 Å². The molecule has 0 aromatic carbocycles. The van der Waals surface area contributed by atoms with Crippen molar-refractivity contribution in [2.75, 3.05) is 72.5 Å². The summed E-state index contributed by atoms with van der Waals surface area (Å²) < 4.78 is 21.2. The first-order chi connectivity index (χ1) is 33.5. The number of amides is 6. The Hall–Kier alpha value is -5.46. The van der Waals surface area contributed by atoms with E-state index < -0.39 is 84.9 Å². The van der Waals surface area contributed by atoms with Gasteiger partial charge in [-0.3, -0.25) is 33.6 Å². The van der Waals surface area contributed by atoms with E-state index in [1.54, 1.807) is 0 Å². The van der Waals surface area contributed by atoms with Crippen molar-refractivity contribution in [3.63, 3.8) is 0 Å². The van der Waals surface area contributed by atoms with Crippen molar-refractivity contribution in [2.45, 2.75) is 160 Å². The van der Waals surface area contributed by atoms with Gasteiger partial charge in [0.2, 0.25) is 35.4 Å². The molecule has 0 rings (SSSR count). The van der Waals surface area contributed by atoms with Crippen LogP contribution in [0.2, 0.25) is 0 Å². The fraction of sp³-hybridized carbons (Fsp3) is 0.783. The first kappa shape index (κ1) is 64.5. The molecule has 0 aliphatic heterocycles. The van der Waals surface area contributed by atoms with E-state index in [9.17, 15) is 63.3 Å². The highest BCUT2D eigenvalue weighted by molar-refractivity contribution is 5.87. The fourth-order valence-corrected chi connectivity index (χ4v) is 6.46. The van der Waals surface area contributed by atoms with E-state index in [1.807, 2.05) is 0 Å². The summed E-state index contributed by atoms with van der Waals surface area (Å²) in [6.07, 6.45) is 10.0. The Morgan fingerprint density at radius 3 is 1.10 bits per heavy atom. The van der Waals surface area contributed by atoms with E-state index in [1.165, 1.54) is 0 Å². The van der Waals surface area contributed by atoms with Gasteiger partial charge in [0.15, 0.2) is 0 Å². The predicted molar refractivity (Wildman–Crippen MR) is 251 cm³/mol. The van der Waals surface area contributed by atoms with Crippen molar-refractivity contribution in [3.8, 4) is 0 Å². The molecule has 24 nitrogen and oxygen atoms in total. The van der Waals surface area contributed by atoms with Crippen LogP contribution >= 0.6 is 0 Å². The van der Waals surface area contributed by atoms with E-state index in [2.05, 4.69) is 38.8 Å². The van der Waals surface area contributed by atoms with Gasteiger partial charge in [0.05, 0.1) is 39.6 Å². The zero-order chi connectivity index (χ0) is 52.2. The largest absolute Gasteiger partial charge is 0.481 e. The lowest BCUT2D eigenvalue weighted by Gasteiger charge is -2.18. The van der Waals surface area contributed by atoms with E-state index in [-0.39, 0.29) is 110 Å². The molecule has 6 amide bonds. The molecule has 24 heteroatoms. The van der Waals surface area contributed by atoms with E-state index in [4.69, 9.17) is 24.1 Å². The lowest BCUT2D eigenvalue weighted by atomic mass is 10.0. The number of unbranched alkanes of at least 4 members (excludes halogenated alkanes) is 11. The van der Waals surface area contributed by atoms with Crippen LogP contribution in [-0.4, -0.2) is 170 Å². The molecule has 0 aromatic rings. The van der Waals surface area contributed by atoms with Gasteiger partial charge in [-0.2, -0.15) is 0 Å². The molecule has 10 N–H and O–H groups in total. The molecule has 0 bridgehead atoms. The van der Waals surface area contributed by atoms with Crippen molar-refractivity contribution in [3.05, 3.63) is 0 Å². The normalized spacial score (nSPS) is 12.2. The third kappa shape index (κ3) is 40.4. The number of hydrogen-bond donors (Lipinski definition) is 10. The Labute approximate surface area is 410 Å². The monoisotopic (exact) mass is 1000 g/mol. The zero-order valence-corrected chi connectivity index (χ0v) is 40.9. The second-order valence-electron chi connectivity index (χ2n) is 16.5. The van der Waals surface area contributed by atoms with Crippen molar-refractivity contribution in [1.82, 2.24) is 31.9 Å². The van der Waals surface area contributed by atoms with Crippen LogP contribution in [0.4, 0.5) is 0 Å². The molecule has 402 valence electrons. The molecular weight excluding hydrogens is 925 g/mol. The van der Waals surface area contributed by atoms with Gasteiger partial charge in [-0.25, -0.2) is 14.4 Å². The Balaban J connectivity index is 4.22. The number of carboxylic acid groups (broad SMARTS) is 4. The molecule has 70 heavy (non-hydrogen) atoms. The molecule has 0 fully saturated rings. The first-order valence-electron chi connectivity index (χ1n) is 24.4. The van der Waals surface area contributed by atoms with Gasteiger partial charge in [-0.1, -0.05) is 71.1 Å². The second kappa shape index (κ2) is 43.6. The summed E-state index contributed by atoms with van der Waals surface area (Å²) in [6.45, 7) is 3.86. The summed E-state index contributed by atoms with van der Waals surface area (Å²) in [5.74, 6) is -8.31. The van der Waals surface area contributed by atoms with Crippen molar-refractivity contribution in [1.29, 1.82) is 0 Å². The summed E-state index contributed by atoms with van der Waals surface area (Å²) in [4.78, 5) is 119. The quantitative estimate of drug-likeness (QED) is 0.0385. The number of ether oxygens (including phenoxy) is 4. The summed E-state index contributed by atoms with van der Waals surface area (Å²) >= 11 is 0. The van der Waals surface area contributed by atoms with Gasteiger partial charge in [0.25, 0.3) is 0 Å². The maximum absolute atomic E-state index is 12.6. The lowest BCUT2D eigenvalue weighted by Crippen LogP contribution is -2.45. The fourth-order valence-electron chi connectivity index (χ4n) is 6.46. The van der Waals surface area contributed by atoms with Gasteiger partial charge in [0, 0.05) is 51.7 Å². The summed E-state index contributed by atoms with van der Waals surface area (Å²) in [5.41, 5.74) is 0. The number of rotatable bonds is 48. The molecule has 0 aromatic heterocycles. The lowest BCUT2D eigenvalue weighted by molar-refractivity contribution is -0.144. The minimum absolute atomic E-state index is 0.0417. The van der Waals surface area contributed by atoms with E-state index in [0.717, 1.165) is 70.6 Å². The summed E-state index contributed by atoms with van der Waals surface area (Å²) in [5, 5.41) is 52.2. The van der Waals surface area contributed by atoms with Crippen molar-refractivity contribution in [2.24, 2.45) is 0 Å². The van der Waals surface area contributed by atoms with Crippen molar-refractivity contribution < 1.29 is 87.3 Å². The maximum atomic E-state index is 12.6. The van der Waals surface area contributed by atoms with Crippen LogP contribution in [0.1, 0.15) is 142 Å². The van der Waals surface area contributed by atoms with Gasteiger partial charge < -0.3 is 71.3 Å². The Morgan fingerprint density at radius 1 is 0.357 bits per heavy atom. The van der Waals surface area contributed by atoms with Crippen LogP contribution in [0.25, 0.3) is 0 Å². The Kier molecular flexibility index (Phi) is 40.2. The predicted octanol–water partition coefficient (Wildman–Crippen LogP) is 1.41. The van der Waals surface area contributed by atoms with Crippen LogP contribution in [-0.2, 0) is 66.9 Å². The zero-order valence-electron chi connectivity index (χ0n) is 40.9. The first-order valence-corrected chi connectivity index (χ1v) is 24.4. The summed E-state index contributed by atoms with van der Waals surface area (Å²) in [7, 11) is 0. The average molecular weight is 1010 g/mol. The molecule has 0 saturated heterocycles. The highest BCUT2D eigenvalue weighted by Crippen LogP contribution is 2.13. The minimum atomic E-state index is -1.57. The molecule has 0 unspecified atom stereocenters. The maximum Gasteiger partial charge on any atom is 0.326 e. The number of aliphatic carboxylic acids is 4. The van der Waals surface area contributed by atoms with Crippen LogP contribution in [0.5, 0.6) is 0 Å². The molecule has 0 aliphatic carbocycles. The Morgan fingerprint density at radius 2 is 0.700 bits per heavy atom. The van der Waals surface area contributed by atoms with Gasteiger partial charge in [0.1, 0.15) is 31.3 Å². The number of carbonyl (C=O) groups is 10. The SMILES string of the molecule is CCCCCNC(=O)COCCOCCNC(=O)COCCOCCNC(=O)CC[C@H](NC(=O)CC[C@H](NC(=O)CC[C@H](NC(=O)CCCCCCCCCCCCC(=O)O)C(=O)O)C(=O)O)C(=O)O. The highest BCUT2D eigenvalue weighted by atomic mass is 16.5. The number of hydrogen-bond acceptors (Lipinski definition) is 14. The average Bonchev–Trinajstić information content (AvgIpc) is 3.30. The molecule has 3 atom stereocenters. The summed E-state index contributed by atoms with van der Waals surface area (Å²) in [6, 6.07) is -4.44. The van der Waals surface area contributed by atoms with Gasteiger partial charge in [-0.15, -0.1) is 0 Å². The topological polar surface area (TPSA) is 361 Å².